The summed E-state index contributed by atoms with van der Waals surface area (Å²) in [5.74, 6) is 0. The summed E-state index contributed by atoms with van der Waals surface area (Å²) in [6.45, 7) is 0. The lowest BCUT2D eigenvalue weighted by Crippen LogP contribution is -1.90. The Balaban J connectivity index is 2.30. The van der Waals surface area contributed by atoms with E-state index in [1.54, 1.807) is 22.6 Å². The number of carbonyl (C=O) groups excluding carboxylic acids is 1. The van der Waals surface area contributed by atoms with E-state index >= 15 is 0 Å². The molecule has 0 spiro atoms. The molecule has 2 heterocycles. The molecule has 0 aliphatic rings. The van der Waals surface area contributed by atoms with Crippen molar-refractivity contribution >= 4 is 45.8 Å². The molecule has 0 bridgehead atoms. The maximum atomic E-state index is 11.2. The molecule has 3 nitrogen and oxygen atoms in total. The van der Waals surface area contributed by atoms with Crippen LogP contribution in [0.4, 0.5) is 0 Å². The number of fused-ring (bicyclic) bond motifs is 1. The van der Waals surface area contributed by atoms with Crippen molar-refractivity contribution in [2.45, 2.75) is 0 Å². The number of hydrogen-bond acceptors (Lipinski definition) is 3. The Labute approximate surface area is 117 Å². The maximum absolute atomic E-state index is 11.2. The second-order valence-corrected chi connectivity index (χ2v) is 5.36. The SMILES string of the molecule is O=Cc1c(-c2ccc(Cl)cc2Cl)nc2sccn12. The summed E-state index contributed by atoms with van der Waals surface area (Å²) in [5, 5.41) is 2.91. The largest absolute Gasteiger partial charge is 0.296 e. The van der Waals surface area contributed by atoms with E-state index in [1.807, 2.05) is 11.6 Å². The fourth-order valence-corrected chi connectivity index (χ4v) is 3.01. The van der Waals surface area contributed by atoms with Gasteiger partial charge in [0.1, 0.15) is 11.4 Å². The number of thiazole rings is 1. The molecule has 0 radical (unpaired) electrons. The molecule has 3 rings (SSSR count). The van der Waals surface area contributed by atoms with E-state index in [4.69, 9.17) is 23.2 Å². The third-order valence-corrected chi connectivity index (χ3v) is 3.90. The molecule has 0 saturated heterocycles. The average Bonchev–Trinajstić information content (AvgIpc) is 2.88. The lowest BCUT2D eigenvalue weighted by Gasteiger charge is -2.02. The fourth-order valence-electron chi connectivity index (χ4n) is 1.80. The molecule has 90 valence electrons. The first-order valence-corrected chi connectivity index (χ1v) is 6.70. The normalized spacial score (nSPS) is 11.0. The van der Waals surface area contributed by atoms with Crippen LogP contribution in [0.1, 0.15) is 10.5 Å². The summed E-state index contributed by atoms with van der Waals surface area (Å²) in [4.78, 5) is 16.4. The molecular weight excluding hydrogens is 291 g/mol. The van der Waals surface area contributed by atoms with Gasteiger partial charge in [-0.3, -0.25) is 9.20 Å². The first-order valence-electron chi connectivity index (χ1n) is 5.07. The Hall–Kier alpha value is -1.36. The van der Waals surface area contributed by atoms with Crippen molar-refractivity contribution in [1.82, 2.24) is 9.38 Å². The highest BCUT2D eigenvalue weighted by atomic mass is 35.5. The molecule has 2 aromatic heterocycles. The lowest BCUT2D eigenvalue weighted by molar-refractivity contribution is 0.111. The van der Waals surface area contributed by atoms with Crippen LogP contribution in [-0.2, 0) is 0 Å². The number of hydrogen-bond donors (Lipinski definition) is 0. The van der Waals surface area contributed by atoms with Gasteiger partial charge in [-0.15, -0.1) is 11.3 Å². The first-order chi connectivity index (χ1) is 8.70. The topological polar surface area (TPSA) is 34.4 Å². The summed E-state index contributed by atoms with van der Waals surface area (Å²) in [6.07, 6.45) is 2.59. The van der Waals surface area contributed by atoms with Gasteiger partial charge in [0.15, 0.2) is 11.2 Å². The van der Waals surface area contributed by atoms with Crippen LogP contribution >= 0.6 is 34.5 Å². The van der Waals surface area contributed by atoms with E-state index in [0.717, 1.165) is 11.2 Å². The zero-order chi connectivity index (χ0) is 12.7. The zero-order valence-corrected chi connectivity index (χ0v) is 11.3. The molecule has 0 aliphatic carbocycles. The van der Waals surface area contributed by atoms with Crippen LogP contribution in [-0.4, -0.2) is 15.7 Å². The van der Waals surface area contributed by atoms with E-state index in [0.29, 0.717) is 27.0 Å². The summed E-state index contributed by atoms with van der Waals surface area (Å²) >= 11 is 13.5. The van der Waals surface area contributed by atoms with Gasteiger partial charge in [0.2, 0.25) is 0 Å². The minimum Gasteiger partial charge on any atom is -0.296 e. The van der Waals surface area contributed by atoms with E-state index in [9.17, 15) is 4.79 Å². The molecule has 0 aliphatic heterocycles. The number of nitrogens with zero attached hydrogens (tertiary/aromatic N) is 2. The predicted octanol–water partition coefficient (Wildman–Crippen LogP) is 4.18. The molecule has 18 heavy (non-hydrogen) atoms. The predicted molar refractivity (Wildman–Crippen MR) is 73.9 cm³/mol. The van der Waals surface area contributed by atoms with Gasteiger partial charge in [-0.25, -0.2) is 4.98 Å². The second kappa shape index (κ2) is 4.39. The number of benzene rings is 1. The standard InChI is InChI=1S/C12H6Cl2N2OS/c13-7-1-2-8(9(14)5-7)11-10(6-17)16-3-4-18-12(16)15-11/h1-6H. The number of rotatable bonds is 2. The highest BCUT2D eigenvalue weighted by molar-refractivity contribution is 7.15. The van der Waals surface area contributed by atoms with Crippen LogP contribution in [0, 0.1) is 0 Å². The van der Waals surface area contributed by atoms with Crippen molar-refractivity contribution < 1.29 is 4.79 Å². The molecule has 0 amide bonds. The Morgan fingerprint density at radius 1 is 1.33 bits per heavy atom. The van der Waals surface area contributed by atoms with Crippen LogP contribution in [0.25, 0.3) is 16.2 Å². The van der Waals surface area contributed by atoms with Crippen molar-refractivity contribution in [3.05, 3.63) is 45.5 Å². The Morgan fingerprint density at radius 3 is 2.89 bits per heavy atom. The van der Waals surface area contributed by atoms with Crippen molar-refractivity contribution in [1.29, 1.82) is 0 Å². The second-order valence-electron chi connectivity index (χ2n) is 3.64. The molecule has 0 unspecified atom stereocenters. The molecule has 0 saturated carbocycles. The minimum atomic E-state index is 0.483. The molecule has 0 N–H and O–H groups in total. The van der Waals surface area contributed by atoms with E-state index in [2.05, 4.69) is 4.98 Å². The van der Waals surface area contributed by atoms with Gasteiger partial charge < -0.3 is 0 Å². The van der Waals surface area contributed by atoms with Gasteiger partial charge >= 0.3 is 0 Å². The van der Waals surface area contributed by atoms with Crippen LogP contribution in [0.2, 0.25) is 10.0 Å². The smallest absolute Gasteiger partial charge is 0.194 e. The van der Waals surface area contributed by atoms with Gasteiger partial charge in [-0.1, -0.05) is 23.2 Å². The quantitative estimate of drug-likeness (QED) is 0.665. The van der Waals surface area contributed by atoms with Gasteiger partial charge in [0.05, 0.1) is 5.02 Å². The van der Waals surface area contributed by atoms with Crippen LogP contribution in [0.3, 0.4) is 0 Å². The van der Waals surface area contributed by atoms with Crippen molar-refractivity contribution in [2.24, 2.45) is 0 Å². The molecular formula is C12H6Cl2N2OS. The van der Waals surface area contributed by atoms with Gasteiger partial charge in [0.25, 0.3) is 0 Å². The van der Waals surface area contributed by atoms with E-state index < -0.39 is 0 Å². The molecule has 6 heteroatoms. The highest BCUT2D eigenvalue weighted by Gasteiger charge is 2.16. The highest BCUT2D eigenvalue weighted by Crippen LogP contribution is 2.32. The summed E-state index contributed by atoms with van der Waals surface area (Å²) in [5.41, 5.74) is 1.79. The summed E-state index contributed by atoms with van der Waals surface area (Å²) in [7, 11) is 0. The minimum absolute atomic E-state index is 0.483. The summed E-state index contributed by atoms with van der Waals surface area (Å²) in [6, 6.07) is 5.13. The van der Waals surface area contributed by atoms with Crippen LogP contribution in [0.15, 0.2) is 29.8 Å². The Morgan fingerprint density at radius 2 is 2.17 bits per heavy atom. The van der Waals surface area contributed by atoms with Gasteiger partial charge in [-0.05, 0) is 18.2 Å². The number of aldehydes is 1. The van der Waals surface area contributed by atoms with E-state index in [1.165, 1.54) is 11.3 Å². The fraction of sp³-hybridized carbons (Fsp3) is 0. The van der Waals surface area contributed by atoms with Gasteiger partial charge in [0, 0.05) is 22.2 Å². The van der Waals surface area contributed by atoms with Crippen LogP contribution in [0.5, 0.6) is 0 Å². The molecule has 0 fully saturated rings. The maximum Gasteiger partial charge on any atom is 0.194 e. The average molecular weight is 297 g/mol. The Kier molecular flexibility index (Phi) is 2.86. The number of aromatic nitrogens is 2. The molecule has 0 atom stereocenters. The van der Waals surface area contributed by atoms with Crippen LogP contribution < -0.4 is 0 Å². The lowest BCUT2D eigenvalue weighted by atomic mass is 10.1. The number of imidazole rings is 1. The third-order valence-electron chi connectivity index (χ3n) is 2.60. The van der Waals surface area contributed by atoms with Crippen molar-refractivity contribution in [3.8, 4) is 11.3 Å². The third kappa shape index (κ3) is 1.73. The van der Waals surface area contributed by atoms with Crippen molar-refractivity contribution in [2.75, 3.05) is 0 Å². The number of halogens is 2. The Bertz CT molecular complexity index is 748. The molecule has 3 aromatic rings. The first kappa shape index (κ1) is 11.7. The monoisotopic (exact) mass is 296 g/mol. The zero-order valence-electron chi connectivity index (χ0n) is 8.93. The van der Waals surface area contributed by atoms with Crippen molar-refractivity contribution in [3.63, 3.8) is 0 Å². The number of carbonyl (C=O) groups is 1. The summed E-state index contributed by atoms with van der Waals surface area (Å²) < 4.78 is 1.75. The van der Waals surface area contributed by atoms with Gasteiger partial charge in [-0.2, -0.15) is 0 Å². The molecule has 1 aromatic carbocycles. The van der Waals surface area contributed by atoms with E-state index in [-0.39, 0.29) is 0 Å².